The van der Waals surface area contributed by atoms with Gasteiger partial charge >= 0.3 is 0 Å². The molecule has 1 N–H and O–H groups in total. The molecule has 0 amide bonds. The normalized spacial score (nSPS) is 29.7. The summed E-state index contributed by atoms with van der Waals surface area (Å²) in [5, 5.41) is 9.98. The van der Waals surface area contributed by atoms with E-state index >= 15 is 0 Å². The van der Waals surface area contributed by atoms with E-state index in [1.165, 1.54) is 11.1 Å². The summed E-state index contributed by atoms with van der Waals surface area (Å²) in [4.78, 5) is 4.54. The molecule has 0 aromatic heterocycles. The van der Waals surface area contributed by atoms with Crippen LogP contribution in [0.25, 0.3) is 0 Å². The van der Waals surface area contributed by atoms with Gasteiger partial charge in [0, 0.05) is 32.7 Å². The van der Waals surface area contributed by atoms with Gasteiger partial charge in [-0.15, -0.1) is 0 Å². The molecule has 3 rings (SSSR count). The fourth-order valence-electron chi connectivity index (χ4n) is 3.44. The van der Waals surface area contributed by atoms with E-state index in [0.29, 0.717) is 0 Å². The average molecular weight is 324 g/mol. The maximum Gasteiger partial charge on any atom is 0.154 e. The quantitative estimate of drug-likeness (QED) is 0.865. The van der Waals surface area contributed by atoms with Crippen molar-refractivity contribution in [2.75, 3.05) is 37.7 Å². The number of aliphatic hydroxyl groups excluding tert-OH is 1. The van der Waals surface area contributed by atoms with Gasteiger partial charge in [-0.3, -0.25) is 9.80 Å². The first-order valence-electron chi connectivity index (χ1n) is 7.84. The lowest BCUT2D eigenvalue weighted by Crippen LogP contribution is -2.53. The van der Waals surface area contributed by atoms with Crippen LogP contribution in [0.3, 0.4) is 0 Å². The zero-order valence-corrected chi connectivity index (χ0v) is 13.8. The first-order chi connectivity index (χ1) is 10.4. The van der Waals surface area contributed by atoms with E-state index in [-0.39, 0.29) is 17.5 Å². The van der Waals surface area contributed by atoms with Crippen LogP contribution in [0.15, 0.2) is 24.3 Å². The topological polar surface area (TPSA) is 60.9 Å². The molecule has 0 spiro atoms. The molecule has 0 unspecified atom stereocenters. The number of nitrogens with zero attached hydrogens (tertiary/aromatic N) is 2. The Hall–Kier alpha value is -0.950. The summed E-state index contributed by atoms with van der Waals surface area (Å²) in [5.41, 5.74) is 2.65. The van der Waals surface area contributed by atoms with Crippen LogP contribution in [0.1, 0.15) is 11.1 Å². The van der Waals surface area contributed by atoms with E-state index in [9.17, 15) is 13.5 Å². The van der Waals surface area contributed by atoms with E-state index < -0.39 is 15.9 Å². The number of benzene rings is 1. The summed E-state index contributed by atoms with van der Waals surface area (Å²) in [6.45, 7) is 6.54. The molecule has 2 heterocycles. The molecule has 22 heavy (non-hydrogen) atoms. The first kappa shape index (κ1) is 15.9. The zero-order chi connectivity index (χ0) is 15.7. The Kier molecular flexibility index (Phi) is 4.54. The molecular formula is C16H24N2O3S. The van der Waals surface area contributed by atoms with Crippen LogP contribution in [-0.4, -0.2) is 73.2 Å². The molecule has 0 aliphatic carbocycles. The predicted octanol–water partition coefficient (Wildman–Crippen LogP) is 0.271. The average Bonchev–Trinajstić information content (AvgIpc) is 2.75. The highest BCUT2D eigenvalue weighted by Crippen LogP contribution is 2.21. The van der Waals surface area contributed by atoms with Crippen molar-refractivity contribution in [3.63, 3.8) is 0 Å². The third kappa shape index (κ3) is 3.51. The molecule has 2 atom stereocenters. The number of piperazine rings is 1. The minimum Gasteiger partial charge on any atom is -0.390 e. The van der Waals surface area contributed by atoms with Gasteiger partial charge < -0.3 is 5.11 Å². The second-order valence-corrected chi connectivity index (χ2v) is 8.60. The van der Waals surface area contributed by atoms with Crippen molar-refractivity contribution in [3.05, 3.63) is 35.4 Å². The molecule has 2 saturated heterocycles. The molecule has 2 fully saturated rings. The summed E-state index contributed by atoms with van der Waals surface area (Å²) in [6, 6.07) is 8.20. The fourth-order valence-corrected chi connectivity index (χ4v) is 5.27. The van der Waals surface area contributed by atoms with Crippen molar-refractivity contribution in [2.24, 2.45) is 0 Å². The summed E-state index contributed by atoms with van der Waals surface area (Å²) in [7, 11) is -3.07. The van der Waals surface area contributed by atoms with Gasteiger partial charge in [-0.2, -0.15) is 0 Å². The molecule has 122 valence electrons. The Morgan fingerprint density at radius 3 is 2.41 bits per heavy atom. The third-order valence-corrected chi connectivity index (χ3v) is 6.52. The maximum atomic E-state index is 11.6. The zero-order valence-electron chi connectivity index (χ0n) is 13.0. The van der Waals surface area contributed by atoms with E-state index in [2.05, 4.69) is 41.0 Å². The number of aryl methyl sites for hydroxylation is 1. The van der Waals surface area contributed by atoms with Gasteiger partial charge in [0.1, 0.15) is 0 Å². The third-order valence-electron chi connectivity index (χ3n) is 4.82. The van der Waals surface area contributed by atoms with Crippen LogP contribution < -0.4 is 0 Å². The van der Waals surface area contributed by atoms with E-state index in [0.717, 1.165) is 32.7 Å². The largest absolute Gasteiger partial charge is 0.390 e. The van der Waals surface area contributed by atoms with Crippen LogP contribution in [0.4, 0.5) is 0 Å². The summed E-state index contributed by atoms with van der Waals surface area (Å²) < 4.78 is 23.3. The van der Waals surface area contributed by atoms with Gasteiger partial charge in [0.25, 0.3) is 0 Å². The molecule has 1 aromatic rings. The van der Waals surface area contributed by atoms with Crippen molar-refractivity contribution >= 4 is 9.84 Å². The first-order valence-corrected chi connectivity index (χ1v) is 9.66. The Morgan fingerprint density at radius 1 is 1.14 bits per heavy atom. The van der Waals surface area contributed by atoms with Gasteiger partial charge in [0.05, 0.1) is 23.7 Å². The fraction of sp³-hybridized carbons (Fsp3) is 0.625. The van der Waals surface area contributed by atoms with Crippen molar-refractivity contribution in [2.45, 2.75) is 25.6 Å². The maximum absolute atomic E-state index is 11.6. The molecular weight excluding hydrogens is 300 g/mol. The van der Waals surface area contributed by atoms with Gasteiger partial charge in [0.2, 0.25) is 0 Å². The molecule has 1 aromatic carbocycles. The second kappa shape index (κ2) is 6.28. The molecule has 6 heteroatoms. The molecule has 0 saturated carbocycles. The van der Waals surface area contributed by atoms with Gasteiger partial charge in [-0.05, 0) is 18.1 Å². The SMILES string of the molecule is Cc1ccccc1CN1CCN([C@@H]2CS(=O)(=O)C[C@@H]2O)CC1. The summed E-state index contributed by atoms with van der Waals surface area (Å²) >= 11 is 0. The van der Waals surface area contributed by atoms with Gasteiger partial charge in [0.15, 0.2) is 9.84 Å². The van der Waals surface area contributed by atoms with Crippen LogP contribution >= 0.6 is 0 Å². The van der Waals surface area contributed by atoms with Crippen molar-refractivity contribution in [3.8, 4) is 0 Å². The highest BCUT2D eigenvalue weighted by molar-refractivity contribution is 7.91. The molecule has 5 nitrogen and oxygen atoms in total. The second-order valence-electron chi connectivity index (χ2n) is 6.45. The Balaban J connectivity index is 1.56. The lowest BCUT2D eigenvalue weighted by atomic mass is 10.1. The Bertz CT molecular complexity index is 624. The minimum absolute atomic E-state index is 0.0823. The highest BCUT2D eigenvalue weighted by atomic mass is 32.2. The summed E-state index contributed by atoms with van der Waals surface area (Å²) in [5.74, 6) is 0.0209. The number of hydrogen-bond acceptors (Lipinski definition) is 5. The molecule has 2 aliphatic heterocycles. The number of hydrogen-bond donors (Lipinski definition) is 1. The Labute approximate surface area is 132 Å². The van der Waals surface area contributed by atoms with Crippen LogP contribution in [0.5, 0.6) is 0 Å². The molecule has 0 radical (unpaired) electrons. The van der Waals surface area contributed by atoms with Crippen LogP contribution in [0.2, 0.25) is 0 Å². The van der Waals surface area contributed by atoms with Crippen molar-refractivity contribution < 1.29 is 13.5 Å². The lowest BCUT2D eigenvalue weighted by Gasteiger charge is -2.38. The standard InChI is InChI=1S/C16H24N2O3S/c1-13-4-2-3-5-14(13)10-17-6-8-18(9-7-17)15-11-22(20,21)12-16(15)19/h2-5,15-16,19H,6-12H2,1H3/t15-,16+/m1/s1. The predicted molar refractivity (Wildman–Crippen MR) is 86.5 cm³/mol. The van der Waals surface area contributed by atoms with E-state index in [1.807, 2.05) is 0 Å². The van der Waals surface area contributed by atoms with Crippen molar-refractivity contribution in [1.82, 2.24) is 9.80 Å². The smallest absolute Gasteiger partial charge is 0.154 e. The lowest BCUT2D eigenvalue weighted by molar-refractivity contribution is 0.0423. The number of sulfone groups is 1. The Morgan fingerprint density at radius 2 is 1.82 bits per heavy atom. The number of aliphatic hydroxyl groups is 1. The van der Waals surface area contributed by atoms with Crippen LogP contribution in [0, 0.1) is 6.92 Å². The van der Waals surface area contributed by atoms with Crippen LogP contribution in [-0.2, 0) is 16.4 Å². The van der Waals surface area contributed by atoms with Gasteiger partial charge in [-0.1, -0.05) is 24.3 Å². The van der Waals surface area contributed by atoms with Crippen molar-refractivity contribution in [1.29, 1.82) is 0 Å². The minimum atomic E-state index is -3.07. The van der Waals surface area contributed by atoms with Gasteiger partial charge in [-0.25, -0.2) is 8.42 Å². The van der Waals surface area contributed by atoms with E-state index in [4.69, 9.17) is 0 Å². The monoisotopic (exact) mass is 324 g/mol. The van der Waals surface area contributed by atoms with E-state index in [1.54, 1.807) is 0 Å². The molecule has 2 aliphatic rings. The number of rotatable bonds is 3. The summed E-state index contributed by atoms with van der Waals surface area (Å²) in [6.07, 6.45) is -0.729. The molecule has 0 bridgehead atoms. The highest BCUT2D eigenvalue weighted by Gasteiger charge is 2.40.